The lowest BCUT2D eigenvalue weighted by Crippen LogP contribution is -2.41. The van der Waals surface area contributed by atoms with Crippen molar-refractivity contribution in [2.75, 3.05) is 26.8 Å². The molecule has 0 spiro atoms. The number of aryl methyl sites for hydroxylation is 1. The zero-order chi connectivity index (χ0) is 18.5. The molecule has 3 rings (SSSR count). The summed E-state index contributed by atoms with van der Waals surface area (Å²) < 4.78 is 11.7. The standard InChI is InChI=1S/C17H25N5O4/c1-12-11-15(23)22(17(24)18-12)9-8-21-7-4-3-5-13(21)16-19-14(20-26-16)6-10-25-2/h11,13H,3-10H2,1-2H3,(H,18,24)/t13-/m1/s1. The molecular weight excluding hydrogens is 338 g/mol. The molecule has 1 atom stereocenters. The summed E-state index contributed by atoms with van der Waals surface area (Å²) in [5.41, 5.74) is -0.0794. The molecule has 1 aliphatic rings. The Morgan fingerprint density at radius 1 is 1.35 bits per heavy atom. The van der Waals surface area contributed by atoms with Gasteiger partial charge in [-0.2, -0.15) is 4.98 Å². The molecule has 2 aromatic rings. The van der Waals surface area contributed by atoms with E-state index in [9.17, 15) is 9.59 Å². The lowest BCUT2D eigenvalue weighted by molar-refractivity contribution is 0.114. The first kappa shape index (κ1) is 18.5. The van der Waals surface area contributed by atoms with E-state index < -0.39 is 0 Å². The first-order chi connectivity index (χ1) is 12.6. The molecule has 1 aliphatic heterocycles. The number of aromatic nitrogens is 4. The molecule has 3 heterocycles. The topological polar surface area (TPSA) is 106 Å². The van der Waals surface area contributed by atoms with Gasteiger partial charge in [-0.15, -0.1) is 0 Å². The van der Waals surface area contributed by atoms with E-state index in [1.54, 1.807) is 14.0 Å². The summed E-state index contributed by atoms with van der Waals surface area (Å²) in [7, 11) is 1.64. The molecular formula is C17H25N5O4. The van der Waals surface area contributed by atoms with E-state index in [1.165, 1.54) is 10.6 Å². The van der Waals surface area contributed by atoms with Crippen molar-refractivity contribution in [3.63, 3.8) is 0 Å². The third-order valence-corrected chi connectivity index (χ3v) is 4.68. The van der Waals surface area contributed by atoms with E-state index in [2.05, 4.69) is 20.0 Å². The van der Waals surface area contributed by atoms with Gasteiger partial charge in [-0.1, -0.05) is 11.6 Å². The maximum Gasteiger partial charge on any atom is 0.328 e. The summed E-state index contributed by atoms with van der Waals surface area (Å²) in [6.45, 7) is 4.03. The Labute approximate surface area is 151 Å². The number of methoxy groups -OCH3 is 1. The van der Waals surface area contributed by atoms with E-state index in [4.69, 9.17) is 9.26 Å². The van der Waals surface area contributed by atoms with Crippen molar-refractivity contribution in [1.29, 1.82) is 0 Å². The predicted molar refractivity (Wildman–Crippen MR) is 94.1 cm³/mol. The Morgan fingerprint density at radius 2 is 2.19 bits per heavy atom. The van der Waals surface area contributed by atoms with Crippen LogP contribution >= 0.6 is 0 Å². The lowest BCUT2D eigenvalue weighted by atomic mass is 10.0. The molecule has 1 saturated heterocycles. The quantitative estimate of drug-likeness (QED) is 0.769. The van der Waals surface area contributed by atoms with Crippen LogP contribution in [0.5, 0.6) is 0 Å². The summed E-state index contributed by atoms with van der Waals surface area (Å²) in [4.78, 5) is 33.5. The van der Waals surface area contributed by atoms with Gasteiger partial charge in [-0.25, -0.2) is 4.79 Å². The molecule has 142 valence electrons. The van der Waals surface area contributed by atoms with Crippen molar-refractivity contribution in [3.05, 3.63) is 44.3 Å². The second kappa shape index (κ2) is 8.41. The molecule has 0 aromatic carbocycles. The fraction of sp³-hybridized carbons (Fsp3) is 0.647. The number of aromatic amines is 1. The van der Waals surface area contributed by atoms with Crippen molar-refractivity contribution in [2.45, 2.75) is 45.2 Å². The molecule has 0 amide bonds. The van der Waals surface area contributed by atoms with Crippen molar-refractivity contribution in [2.24, 2.45) is 0 Å². The summed E-state index contributed by atoms with van der Waals surface area (Å²) in [5, 5.41) is 4.02. The number of H-pyrrole nitrogens is 1. The zero-order valence-electron chi connectivity index (χ0n) is 15.2. The Kier molecular flexibility index (Phi) is 6.00. The Bertz CT molecular complexity index is 809. The number of ether oxygens (including phenoxy) is 1. The highest BCUT2D eigenvalue weighted by molar-refractivity contribution is 4.98. The number of nitrogens with zero attached hydrogens (tertiary/aromatic N) is 4. The average molecular weight is 363 g/mol. The fourth-order valence-corrected chi connectivity index (χ4v) is 3.31. The highest BCUT2D eigenvalue weighted by atomic mass is 16.5. The second-order valence-corrected chi connectivity index (χ2v) is 6.59. The molecule has 0 aliphatic carbocycles. The van der Waals surface area contributed by atoms with Gasteiger partial charge in [-0.3, -0.25) is 14.3 Å². The molecule has 1 fully saturated rings. The van der Waals surface area contributed by atoms with Crippen LogP contribution in [0.4, 0.5) is 0 Å². The molecule has 0 bridgehead atoms. The Hall–Kier alpha value is -2.26. The van der Waals surface area contributed by atoms with Gasteiger partial charge in [0.25, 0.3) is 5.56 Å². The Balaban J connectivity index is 1.70. The molecule has 9 nitrogen and oxygen atoms in total. The molecule has 9 heteroatoms. The van der Waals surface area contributed by atoms with Gasteiger partial charge in [0.15, 0.2) is 5.82 Å². The number of hydrogen-bond donors (Lipinski definition) is 1. The largest absolute Gasteiger partial charge is 0.384 e. The van der Waals surface area contributed by atoms with Gasteiger partial charge in [0, 0.05) is 38.4 Å². The van der Waals surface area contributed by atoms with Gasteiger partial charge in [0.1, 0.15) is 0 Å². The second-order valence-electron chi connectivity index (χ2n) is 6.59. The van der Waals surface area contributed by atoms with Crippen LogP contribution < -0.4 is 11.2 Å². The van der Waals surface area contributed by atoms with Crippen LogP contribution in [-0.2, 0) is 17.7 Å². The number of rotatable bonds is 7. The number of likely N-dealkylation sites (tertiary alicyclic amines) is 1. The number of piperidine rings is 1. The van der Waals surface area contributed by atoms with Crippen LogP contribution in [0, 0.1) is 6.92 Å². The SMILES string of the molecule is COCCc1noc([C@H]2CCCCN2CCn2c(=O)cc(C)[nH]c2=O)n1. The van der Waals surface area contributed by atoms with Crippen LogP contribution in [0.3, 0.4) is 0 Å². The number of nitrogens with one attached hydrogen (secondary N) is 1. The summed E-state index contributed by atoms with van der Waals surface area (Å²) in [6.07, 6.45) is 3.69. The average Bonchev–Trinajstić information content (AvgIpc) is 3.08. The van der Waals surface area contributed by atoms with E-state index in [0.717, 1.165) is 25.8 Å². The molecule has 26 heavy (non-hydrogen) atoms. The minimum atomic E-state index is -0.372. The zero-order valence-corrected chi connectivity index (χ0v) is 15.2. The van der Waals surface area contributed by atoms with E-state index in [1.807, 2.05) is 0 Å². The van der Waals surface area contributed by atoms with Crippen LogP contribution in [-0.4, -0.2) is 51.4 Å². The summed E-state index contributed by atoms with van der Waals surface area (Å²) >= 11 is 0. The van der Waals surface area contributed by atoms with Crippen molar-refractivity contribution >= 4 is 0 Å². The normalized spacial score (nSPS) is 18.3. The minimum absolute atomic E-state index is 0.0211. The van der Waals surface area contributed by atoms with Crippen molar-refractivity contribution in [1.82, 2.24) is 24.6 Å². The summed E-state index contributed by atoms with van der Waals surface area (Å²) in [5.74, 6) is 1.24. The molecule has 0 saturated carbocycles. The van der Waals surface area contributed by atoms with E-state index in [0.29, 0.717) is 43.5 Å². The maximum atomic E-state index is 12.1. The highest BCUT2D eigenvalue weighted by Crippen LogP contribution is 2.29. The third kappa shape index (κ3) is 4.28. The molecule has 1 N–H and O–H groups in total. The molecule has 0 radical (unpaired) electrons. The van der Waals surface area contributed by atoms with Gasteiger partial charge in [-0.05, 0) is 26.3 Å². The van der Waals surface area contributed by atoms with Gasteiger partial charge in [0.05, 0.1) is 12.6 Å². The predicted octanol–water partition coefficient (Wildman–Crippen LogP) is 0.644. The minimum Gasteiger partial charge on any atom is -0.384 e. The van der Waals surface area contributed by atoms with E-state index >= 15 is 0 Å². The van der Waals surface area contributed by atoms with Crippen molar-refractivity contribution in [3.8, 4) is 0 Å². The van der Waals surface area contributed by atoms with Gasteiger partial charge < -0.3 is 14.2 Å². The van der Waals surface area contributed by atoms with Gasteiger partial charge in [0.2, 0.25) is 5.89 Å². The highest BCUT2D eigenvalue weighted by Gasteiger charge is 2.28. The van der Waals surface area contributed by atoms with Crippen LogP contribution in [0.25, 0.3) is 0 Å². The lowest BCUT2D eigenvalue weighted by Gasteiger charge is -2.33. The first-order valence-corrected chi connectivity index (χ1v) is 8.94. The van der Waals surface area contributed by atoms with Crippen molar-refractivity contribution < 1.29 is 9.26 Å². The first-order valence-electron chi connectivity index (χ1n) is 8.94. The van der Waals surface area contributed by atoms with Crippen LogP contribution in [0.1, 0.15) is 42.7 Å². The summed E-state index contributed by atoms with van der Waals surface area (Å²) in [6, 6.07) is 1.46. The van der Waals surface area contributed by atoms with Crippen LogP contribution in [0.15, 0.2) is 20.2 Å². The Morgan fingerprint density at radius 3 is 2.96 bits per heavy atom. The van der Waals surface area contributed by atoms with E-state index in [-0.39, 0.29) is 17.3 Å². The van der Waals surface area contributed by atoms with Crippen LogP contribution in [0.2, 0.25) is 0 Å². The maximum absolute atomic E-state index is 12.1. The monoisotopic (exact) mass is 363 g/mol. The fourth-order valence-electron chi connectivity index (χ4n) is 3.31. The third-order valence-electron chi connectivity index (χ3n) is 4.68. The van der Waals surface area contributed by atoms with Gasteiger partial charge >= 0.3 is 5.69 Å². The molecule has 2 aromatic heterocycles. The smallest absolute Gasteiger partial charge is 0.328 e. The molecule has 0 unspecified atom stereocenters. The number of hydrogen-bond acceptors (Lipinski definition) is 7.